The first-order chi connectivity index (χ1) is 11.7. The summed E-state index contributed by atoms with van der Waals surface area (Å²) in [6.07, 6.45) is 0. The van der Waals surface area contributed by atoms with E-state index in [4.69, 9.17) is 11.6 Å². The van der Waals surface area contributed by atoms with Crippen molar-refractivity contribution in [3.63, 3.8) is 0 Å². The van der Waals surface area contributed by atoms with Gasteiger partial charge < -0.3 is 10.2 Å². The second kappa shape index (κ2) is 6.39. The number of halogens is 2. The lowest BCUT2D eigenvalue weighted by atomic mass is 10.0. The summed E-state index contributed by atoms with van der Waals surface area (Å²) in [7, 11) is -3.97. The summed E-state index contributed by atoms with van der Waals surface area (Å²) >= 11 is 9.09. The molecule has 2 N–H and O–H groups in total. The van der Waals surface area contributed by atoms with Crippen molar-refractivity contribution in [1.82, 2.24) is 0 Å². The van der Waals surface area contributed by atoms with Crippen LogP contribution in [0.25, 0.3) is 0 Å². The summed E-state index contributed by atoms with van der Waals surface area (Å²) in [6, 6.07) is 12.3. The maximum Gasteiger partial charge on any atom is 0.314 e. The third-order valence-electron chi connectivity index (χ3n) is 4.62. The molecule has 5 nitrogen and oxygen atoms in total. The van der Waals surface area contributed by atoms with Crippen LogP contribution >= 0.6 is 27.5 Å². The normalized spacial score (nSPS) is 25.6. The highest BCUT2D eigenvalue weighted by Gasteiger charge is 2.75. The minimum absolute atomic E-state index is 0.0133. The van der Waals surface area contributed by atoms with Crippen LogP contribution < -0.4 is 0 Å². The van der Waals surface area contributed by atoms with Crippen LogP contribution in [0.3, 0.4) is 0 Å². The molecule has 1 fully saturated rings. The van der Waals surface area contributed by atoms with E-state index in [1.54, 1.807) is 24.3 Å². The number of aliphatic carboxylic acids is 1. The van der Waals surface area contributed by atoms with Gasteiger partial charge in [-0.25, -0.2) is 8.42 Å². The highest BCUT2D eigenvalue weighted by atomic mass is 79.9. The van der Waals surface area contributed by atoms with Gasteiger partial charge in [0.15, 0.2) is 9.84 Å². The predicted molar refractivity (Wildman–Crippen MR) is 96.5 cm³/mol. The molecule has 0 aliphatic heterocycles. The Kier molecular flexibility index (Phi) is 4.70. The van der Waals surface area contributed by atoms with Crippen molar-refractivity contribution in [3.05, 3.63) is 63.6 Å². The van der Waals surface area contributed by atoms with Gasteiger partial charge in [0.25, 0.3) is 0 Å². The van der Waals surface area contributed by atoms with E-state index >= 15 is 0 Å². The van der Waals surface area contributed by atoms with E-state index in [0.717, 1.165) is 4.47 Å². The maximum atomic E-state index is 13.0. The van der Waals surface area contributed by atoms with E-state index in [2.05, 4.69) is 15.9 Å². The molecule has 3 atom stereocenters. The molecule has 132 valence electrons. The van der Waals surface area contributed by atoms with Gasteiger partial charge >= 0.3 is 5.97 Å². The number of rotatable bonds is 5. The lowest BCUT2D eigenvalue weighted by Gasteiger charge is -2.09. The van der Waals surface area contributed by atoms with Crippen LogP contribution in [-0.2, 0) is 14.6 Å². The van der Waals surface area contributed by atoms with Crippen LogP contribution in [0.5, 0.6) is 0 Å². The molecule has 0 aromatic heterocycles. The average molecular weight is 446 g/mol. The van der Waals surface area contributed by atoms with Gasteiger partial charge in [0.2, 0.25) is 0 Å². The molecule has 25 heavy (non-hydrogen) atoms. The first-order valence-corrected chi connectivity index (χ1v) is 10.1. The van der Waals surface area contributed by atoms with E-state index < -0.39 is 39.0 Å². The monoisotopic (exact) mass is 444 g/mol. The van der Waals surface area contributed by atoms with Crippen molar-refractivity contribution in [1.29, 1.82) is 0 Å². The molecule has 0 heterocycles. The zero-order valence-corrected chi connectivity index (χ0v) is 15.9. The Morgan fingerprint density at radius 1 is 1.12 bits per heavy atom. The van der Waals surface area contributed by atoms with E-state index in [9.17, 15) is 23.4 Å². The van der Waals surface area contributed by atoms with E-state index in [1.807, 2.05) is 0 Å². The van der Waals surface area contributed by atoms with Crippen molar-refractivity contribution >= 4 is 43.3 Å². The molecule has 0 radical (unpaired) electrons. The number of aliphatic hydroxyl groups is 1. The second-order valence-electron chi connectivity index (χ2n) is 5.95. The minimum Gasteiger partial charge on any atom is -0.481 e. The summed E-state index contributed by atoms with van der Waals surface area (Å²) in [5.41, 5.74) is -1.20. The summed E-state index contributed by atoms with van der Waals surface area (Å²) in [6.45, 7) is -0.763. The number of carbonyl (C=O) groups is 1. The molecule has 0 unspecified atom stereocenters. The quantitative estimate of drug-likeness (QED) is 0.738. The molecule has 3 rings (SSSR count). The van der Waals surface area contributed by atoms with Crippen LogP contribution in [-0.4, -0.2) is 36.5 Å². The smallest absolute Gasteiger partial charge is 0.314 e. The van der Waals surface area contributed by atoms with Gasteiger partial charge in [-0.05, 0) is 42.0 Å². The Bertz CT molecular complexity index is 911. The zero-order chi connectivity index (χ0) is 18.4. The fraction of sp³-hybridized carbons (Fsp3) is 0.235. The average Bonchev–Trinajstić information content (AvgIpc) is 3.27. The molecule has 0 spiro atoms. The van der Waals surface area contributed by atoms with Crippen LogP contribution in [0.1, 0.15) is 11.5 Å². The summed E-state index contributed by atoms with van der Waals surface area (Å²) in [5, 5.41) is 18.6. The summed E-state index contributed by atoms with van der Waals surface area (Å²) < 4.78 is 26.8. The summed E-state index contributed by atoms with van der Waals surface area (Å²) in [4.78, 5) is 11.8. The molecule has 0 saturated heterocycles. The van der Waals surface area contributed by atoms with E-state index in [-0.39, 0.29) is 4.90 Å². The number of carboxylic acids is 1. The molecule has 2 aromatic rings. The Labute approximate surface area is 158 Å². The standard InChI is InChI=1S/C17H14BrClO5S/c18-11-3-1-10(2-4-11)14-15(17(14,9-20)16(21)22)25(23,24)13-7-5-12(19)6-8-13/h1-8,14-15,20H,9H2,(H,21,22)/t14-,15-,17-/m1/s1. The maximum absolute atomic E-state index is 13.0. The SMILES string of the molecule is O=C(O)[C@]1(CO)[C@H](c2ccc(Br)cc2)[C@H]1S(=O)(=O)c1ccc(Cl)cc1. The van der Waals surface area contributed by atoms with Crippen LogP contribution in [0.2, 0.25) is 5.02 Å². The van der Waals surface area contributed by atoms with E-state index in [0.29, 0.717) is 10.6 Å². The zero-order valence-electron chi connectivity index (χ0n) is 12.8. The topological polar surface area (TPSA) is 91.7 Å². The van der Waals surface area contributed by atoms with Gasteiger partial charge in [-0.3, -0.25) is 4.79 Å². The Balaban J connectivity index is 2.10. The van der Waals surface area contributed by atoms with Crippen molar-refractivity contribution < 1.29 is 23.4 Å². The van der Waals surface area contributed by atoms with Gasteiger partial charge in [-0.2, -0.15) is 0 Å². The molecule has 1 aliphatic carbocycles. The van der Waals surface area contributed by atoms with Gasteiger partial charge in [0.1, 0.15) is 5.41 Å². The number of benzene rings is 2. The molecule has 8 heteroatoms. The Morgan fingerprint density at radius 2 is 1.68 bits per heavy atom. The van der Waals surface area contributed by atoms with Crippen molar-refractivity contribution in [2.75, 3.05) is 6.61 Å². The fourth-order valence-corrected chi connectivity index (χ4v) is 6.04. The number of sulfone groups is 1. The second-order valence-corrected chi connectivity index (χ2v) is 9.37. The predicted octanol–water partition coefficient (Wildman–Crippen LogP) is 3.11. The third kappa shape index (κ3) is 2.89. The molecule has 0 amide bonds. The molecule has 2 aromatic carbocycles. The lowest BCUT2D eigenvalue weighted by molar-refractivity contribution is -0.145. The number of aliphatic hydroxyl groups excluding tert-OH is 1. The first kappa shape index (κ1) is 18.4. The molecular formula is C17H14BrClO5S. The fourth-order valence-electron chi connectivity index (χ4n) is 3.28. The molecule has 1 saturated carbocycles. The van der Waals surface area contributed by atoms with Crippen LogP contribution in [0.15, 0.2) is 57.9 Å². The van der Waals surface area contributed by atoms with Crippen molar-refractivity contribution in [2.24, 2.45) is 5.41 Å². The lowest BCUT2D eigenvalue weighted by Crippen LogP contribution is -2.27. The van der Waals surface area contributed by atoms with Gasteiger partial charge in [-0.15, -0.1) is 0 Å². The number of hydrogen-bond donors (Lipinski definition) is 2. The molecule has 0 bridgehead atoms. The van der Waals surface area contributed by atoms with Crippen LogP contribution in [0, 0.1) is 5.41 Å². The Hall–Kier alpha value is -1.41. The number of hydrogen-bond acceptors (Lipinski definition) is 4. The third-order valence-corrected chi connectivity index (χ3v) is 7.69. The largest absolute Gasteiger partial charge is 0.481 e. The highest BCUT2D eigenvalue weighted by Crippen LogP contribution is 2.64. The van der Waals surface area contributed by atoms with Crippen molar-refractivity contribution in [2.45, 2.75) is 16.1 Å². The number of carboxylic acid groups (broad SMARTS) is 1. The highest BCUT2D eigenvalue weighted by molar-refractivity contribution is 9.10. The van der Waals surface area contributed by atoms with Gasteiger partial charge in [0, 0.05) is 15.4 Å². The van der Waals surface area contributed by atoms with Crippen molar-refractivity contribution in [3.8, 4) is 0 Å². The Morgan fingerprint density at radius 3 is 2.16 bits per heavy atom. The first-order valence-electron chi connectivity index (χ1n) is 7.34. The summed E-state index contributed by atoms with van der Waals surface area (Å²) in [5.74, 6) is -2.16. The van der Waals surface area contributed by atoms with Gasteiger partial charge in [-0.1, -0.05) is 39.7 Å². The molecular weight excluding hydrogens is 432 g/mol. The van der Waals surface area contributed by atoms with Gasteiger partial charge in [0.05, 0.1) is 16.8 Å². The molecule has 1 aliphatic rings. The van der Waals surface area contributed by atoms with Crippen LogP contribution in [0.4, 0.5) is 0 Å². The van der Waals surface area contributed by atoms with E-state index in [1.165, 1.54) is 24.3 Å². The minimum atomic E-state index is -3.97.